The normalized spacial score (nSPS) is 11.6. The fourth-order valence-corrected chi connectivity index (χ4v) is 4.14. The average molecular weight is 321 g/mol. The smallest absolute Gasteiger partial charge is 0.356 e. The van der Waals surface area contributed by atoms with Gasteiger partial charge >= 0.3 is 5.97 Å². The second-order valence-electron chi connectivity index (χ2n) is 3.68. The summed E-state index contributed by atoms with van der Waals surface area (Å²) < 4.78 is 25.2. The molecule has 0 saturated heterocycles. The van der Waals surface area contributed by atoms with Crippen LogP contribution < -0.4 is 5.32 Å². The fourth-order valence-electron chi connectivity index (χ4n) is 1.46. The third kappa shape index (κ3) is 3.52. The van der Waals surface area contributed by atoms with Gasteiger partial charge in [0.2, 0.25) is 5.91 Å². The van der Waals surface area contributed by atoms with Crippen LogP contribution in [0.3, 0.4) is 0 Å². The lowest BCUT2D eigenvalue weighted by atomic mass is 10.5. The summed E-state index contributed by atoms with van der Waals surface area (Å²) in [5.41, 5.74) is 0.625. The van der Waals surface area contributed by atoms with Crippen molar-refractivity contribution >= 4 is 33.2 Å². The first-order valence-corrected chi connectivity index (χ1v) is 8.10. The molecule has 1 amide bonds. The van der Waals surface area contributed by atoms with E-state index in [4.69, 9.17) is 5.11 Å². The van der Waals surface area contributed by atoms with Gasteiger partial charge < -0.3 is 10.4 Å². The van der Waals surface area contributed by atoms with E-state index in [9.17, 15) is 18.0 Å². The molecule has 1 rings (SSSR count). The number of carbonyl (C=O) groups is 2. The molecule has 0 aliphatic carbocycles. The molecule has 0 atom stereocenters. The molecule has 2 N–H and O–H groups in total. The Kier molecular flexibility index (Phi) is 5.60. The Balaban J connectivity index is 3.09. The molecule has 0 bridgehead atoms. The van der Waals surface area contributed by atoms with Crippen molar-refractivity contribution in [2.24, 2.45) is 0 Å². The first-order valence-electron chi connectivity index (χ1n) is 5.78. The van der Waals surface area contributed by atoms with E-state index in [0.29, 0.717) is 17.9 Å². The quantitative estimate of drug-likeness (QED) is 0.729. The van der Waals surface area contributed by atoms with Crippen molar-refractivity contribution in [2.75, 3.05) is 19.6 Å². The molecular weight excluding hydrogens is 306 g/mol. The van der Waals surface area contributed by atoms with Gasteiger partial charge in [0.15, 0.2) is 9.90 Å². The molecule has 1 aromatic heterocycles. The first kappa shape index (κ1) is 16.5. The minimum atomic E-state index is -4.05. The second kappa shape index (κ2) is 6.77. The predicted octanol–water partition coefficient (Wildman–Crippen LogP) is -0.0120. The fraction of sp³-hybridized carbons (Fsp3) is 0.500. The summed E-state index contributed by atoms with van der Waals surface area (Å²) >= 11 is 0.716. The highest BCUT2D eigenvalue weighted by atomic mass is 32.2. The van der Waals surface area contributed by atoms with Crippen LogP contribution in [0, 0.1) is 0 Å². The summed E-state index contributed by atoms with van der Waals surface area (Å²) in [5, 5.41) is 11.4. The van der Waals surface area contributed by atoms with Crippen molar-refractivity contribution in [3.63, 3.8) is 0 Å². The van der Waals surface area contributed by atoms with Crippen LogP contribution in [0.15, 0.2) is 9.72 Å². The first-order chi connectivity index (χ1) is 9.34. The predicted molar refractivity (Wildman–Crippen MR) is 72.2 cm³/mol. The number of carboxylic acids is 1. The van der Waals surface area contributed by atoms with Crippen LogP contribution in [0.2, 0.25) is 0 Å². The highest BCUT2D eigenvalue weighted by molar-refractivity contribution is 7.91. The lowest BCUT2D eigenvalue weighted by molar-refractivity contribution is -0.121. The number of amides is 1. The van der Waals surface area contributed by atoms with E-state index >= 15 is 0 Å². The molecule has 0 unspecified atom stereocenters. The number of thiazole rings is 1. The number of sulfonamides is 1. The van der Waals surface area contributed by atoms with E-state index < -0.39 is 27.6 Å². The third-order valence-electron chi connectivity index (χ3n) is 2.36. The van der Waals surface area contributed by atoms with Gasteiger partial charge in [0, 0.05) is 13.1 Å². The molecule has 1 aromatic rings. The average Bonchev–Trinajstić information content (AvgIpc) is 2.86. The number of likely N-dealkylation sites (N-methyl/N-ethyl adjacent to an activating group) is 2. The molecular formula is C10H15N3O5S2. The standard InChI is InChI=1S/C10H15N3O5S2/c1-3-11-7(14)5-13(4-2)20(17,18)10-8(9(15)16)12-6-19-10/h6H,3-5H2,1-2H3,(H,11,14)(H,15,16). The van der Waals surface area contributed by atoms with Gasteiger partial charge in [-0.2, -0.15) is 4.31 Å². The summed E-state index contributed by atoms with van der Waals surface area (Å²) in [6, 6.07) is 0. The zero-order valence-electron chi connectivity index (χ0n) is 11.0. The molecule has 10 heteroatoms. The lowest BCUT2D eigenvalue weighted by Gasteiger charge is -2.18. The largest absolute Gasteiger partial charge is 0.476 e. The Morgan fingerprint density at radius 3 is 2.60 bits per heavy atom. The highest BCUT2D eigenvalue weighted by Crippen LogP contribution is 2.23. The maximum atomic E-state index is 12.3. The van der Waals surface area contributed by atoms with Crippen molar-refractivity contribution < 1.29 is 23.1 Å². The number of carboxylic acid groups (broad SMARTS) is 1. The van der Waals surface area contributed by atoms with Gasteiger partial charge in [0.1, 0.15) is 0 Å². The van der Waals surface area contributed by atoms with Crippen LogP contribution in [-0.4, -0.2) is 54.3 Å². The van der Waals surface area contributed by atoms with Crippen molar-refractivity contribution in [1.29, 1.82) is 0 Å². The minimum Gasteiger partial charge on any atom is -0.476 e. The topological polar surface area (TPSA) is 117 Å². The SMILES string of the molecule is CCNC(=O)CN(CC)S(=O)(=O)c1scnc1C(=O)O. The van der Waals surface area contributed by atoms with E-state index in [-0.39, 0.29) is 17.3 Å². The molecule has 0 radical (unpaired) electrons. The maximum absolute atomic E-state index is 12.3. The zero-order valence-corrected chi connectivity index (χ0v) is 12.6. The summed E-state index contributed by atoms with van der Waals surface area (Å²) in [6.07, 6.45) is 0. The summed E-state index contributed by atoms with van der Waals surface area (Å²) in [5.74, 6) is -1.86. The second-order valence-corrected chi connectivity index (χ2v) is 6.67. The maximum Gasteiger partial charge on any atom is 0.356 e. The van der Waals surface area contributed by atoms with Gasteiger partial charge in [0.05, 0.1) is 12.1 Å². The lowest BCUT2D eigenvalue weighted by Crippen LogP contribution is -2.40. The number of carbonyl (C=O) groups excluding carboxylic acids is 1. The van der Waals surface area contributed by atoms with E-state index in [1.165, 1.54) is 0 Å². The van der Waals surface area contributed by atoms with E-state index in [1.54, 1.807) is 13.8 Å². The van der Waals surface area contributed by atoms with Crippen LogP contribution in [-0.2, 0) is 14.8 Å². The van der Waals surface area contributed by atoms with Gasteiger partial charge in [-0.15, -0.1) is 11.3 Å². The Labute approximate surface area is 120 Å². The van der Waals surface area contributed by atoms with Crippen LogP contribution in [0.5, 0.6) is 0 Å². The number of hydrogen-bond acceptors (Lipinski definition) is 6. The van der Waals surface area contributed by atoms with E-state index in [0.717, 1.165) is 9.82 Å². The Bertz CT molecular complexity index is 596. The molecule has 8 nitrogen and oxygen atoms in total. The third-order valence-corrected chi connectivity index (χ3v) is 5.63. The molecule has 20 heavy (non-hydrogen) atoms. The number of nitrogens with one attached hydrogen (secondary N) is 1. The van der Waals surface area contributed by atoms with Crippen LogP contribution in [0.4, 0.5) is 0 Å². The van der Waals surface area contributed by atoms with Gasteiger partial charge in [0.25, 0.3) is 10.0 Å². The van der Waals surface area contributed by atoms with Gasteiger partial charge in [-0.05, 0) is 6.92 Å². The van der Waals surface area contributed by atoms with Gasteiger partial charge in [-0.3, -0.25) is 4.79 Å². The van der Waals surface area contributed by atoms with Crippen LogP contribution in [0.25, 0.3) is 0 Å². The number of hydrogen-bond donors (Lipinski definition) is 2. The van der Waals surface area contributed by atoms with Crippen molar-refractivity contribution in [3.8, 4) is 0 Å². The number of aromatic carboxylic acids is 1. The molecule has 0 fully saturated rings. The van der Waals surface area contributed by atoms with Gasteiger partial charge in [-0.1, -0.05) is 6.92 Å². The summed E-state index contributed by atoms with van der Waals surface area (Å²) in [7, 11) is -4.05. The number of aromatic nitrogens is 1. The summed E-state index contributed by atoms with van der Waals surface area (Å²) in [6.45, 7) is 3.37. The zero-order chi connectivity index (χ0) is 15.3. The molecule has 0 spiro atoms. The molecule has 0 aliphatic rings. The number of rotatable bonds is 7. The van der Waals surface area contributed by atoms with Crippen molar-refractivity contribution in [1.82, 2.24) is 14.6 Å². The van der Waals surface area contributed by atoms with Crippen LogP contribution in [0.1, 0.15) is 24.3 Å². The Morgan fingerprint density at radius 1 is 1.45 bits per heavy atom. The molecule has 0 aromatic carbocycles. The van der Waals surface area contributed by atoms with E-state index in [1.807, 2.05) is 0 Å². The highest BCUT2D eigenvalue weighted by Gasteiger charge is 2.31. The molecule has 1 heterocycles. The van der Waals surface area contributed by atoms with Crippen LogP contribution >= 0.6 is 11.3 Å². The Morgan fingerprint density at radius 2 is 2.10 bits per heavy atom. The number of nitrogens with zero attached hydrogens (tertiary/aromatic N) is 2. The summed E-state index contributed by atoms with van der Waals surface area (Å²) in [4.78, 5) is 26.0. The minimum absolute atomic E-state index is 0.0520. The van der Waals surface area contributed by atoms with Crippen molar-refractivity contribution in [2.45, 2.75) is 18.1 Å². The van der Waals surface area contributed by atoms with E-state index in [2.05, 4.69) is 10.3 Å². The van der Waals surface area contributed by atoms with Gasteiger partial charge in [-0.25, -0.2) is 18.2 Å². The Hall–Kier alpha value is -1.52. The monoisotopic (exact) mass is 321 g/mol. The van der Waals surface area contributed by atoms with Crippen molar-refractivity contribution in [3.05, 3.63) is 11.2 Å². The molecule has 0 saturated carbocycles. The molecule has 112 valence electrons. The molecule has 0 aliphatic heterocycles.